The molecule has 3 aliphatic heterocycles. The molecule has 5 heterocycles. The first-order valence-corrected chi connectivity index (χ1v) is 13.0. The van der Waals surface area contributed by atoms with E-state index in [0.717, 1.165) is 9.75 Å². The molecule has 3 atom stereocenters. The lowest BCUT2D eigenvalue weighted by molar-refractivity contribution is -0.146. The molecule has 174 valence electrons. The first kappa shape index (κ1) is 21.9. The Labute approximate surface area is 205 Å². The van der Waals surface area contributed by atoms with Crippen molar-refractivity contribution in [1.82, 2.24) is 9.80 Å². The highest BCUT2D eigenvalue weighted by Gasteiger charge is 2.74. The lowest BCUT2D eigenvalue weighted by atomic mass is 9.57. The monoisotopic (exact) mass is 493 g/mol. The average Bonchev–Trinajstić information content (AvgIpc) is 3.58. The molecular weight excluding hydrogens is 469 g/mol. The Bertz CT molecular complexity index is 1320. The lowest BCUT2D eigenvalue weighted by Crippen LogP contribution is -2.65. The number of nitrogens with zero attached hydrogens (tertiary/aromatic N) is 2. The Morgan fingerprint density at radius 1 is 1.12 bits per heavy atom. The summed E-state index contributed by atoms with van der Waals surface area (Å²) in [6, 6.07) is 12.4. The fourth-order valence-electron chi connectivity index (χ4n) is 6.47. The average molecular weight is 494 g/mol. The molecule has 0 radical (unpaired) electrons. The van der Waals surface area contributed by atoms with E-state index >= 15 is 0 Å². The molecule has 2 aromatic heterocycles. The number of hydrogen-bond acceptors (Lipinski definition) is 6. The highest BCUT2D eigenvalue weighted by atomic mass is 32.1. The van der Waals surface area contributed by atoms with E-state index in [9.17, 15) is 14.0 Å². The van der Waals surface area contributed by atoms with Crippen molar-refractivity contribution < 1.29 is 14.0 Å². The summed E-state index contributed by atoms with van der Waals surface area (Å²) in [4.78, 5) is 34.9. The molecule has 1 amide bonds. The third kappa shape index (κ3) is 2.77. The minimum absolute atomic E-state index is 0.0194. The van der Waals surface area contributed by atoms with Crippen molar-refractivity contribution in [3.8, 4) is 0 Å². The minimum atomic E-state index is -1.31. The van der Waals surface area contributed by atoms with Gasteiger partial charge in [-0.15, -0.1) is 22.7 Å². The van der Waals surface area contributed by atoms with Crippen LogP contribution in [0.2, 0.25) is 0 Å². The van der Waals surface area contributed by atoms with Crippen LogP contribution in [0.4, 0.5) is 10.1 Å². The van der Waals surface area contributed by atoms with Crippen LogP contribution in [0.25, 0.3) is 6.08 Å². The van der Waals surface area contributed by atoms with Crippen LogP contribution < -0.4 is 5.32 Å². The van der Waals surface area contributed by atoms with Crippen molar-refractivity contribution in [2.24, 2.45) is 5.41 Å². The van der Waals surface area contributed by atoms with Crippen LogP contribution in [0.15, 0.2) is 58.8 Å². The fourth-order valence-corrected chi connectivity index (χ4v) is 8.06. The van der Waals surface area contributed by atoms with Crippen LogP contribution in [0, 0.1) is 11.2 Å². The Morgan fingerprint density at radius 3 is 2.65 bits per heavy atom. The number of rotatable bonds is 2. The van der Waals surface area contributed by atoms with Gasteiger partial charge >= 0.3 is 0 Å². The molecule has 5 nitrogen and oxygen atoms in total. The van der Waals surface area contributed by atoms with E-state index in [4.69, 9.17) is 0 Å². The van der Waals surface area contributed by atoms with Gasteiger partial charge < -0.3 is 10.2 Å². The van der Waals surface area contributed by atoms with Crippen LogP contribution in [0.5, 0.6) is 0 Å². The summed E-state index contributed by atoms with van der Waals surface area (Å²) in [5, 5.41) is 6.99. The summed E-state index contributed by atoms with van der Waals surface area (Å²) >= 11 is 3.19. The van der Waals surface area contributed by atoms with Gasteiger partial charge in [0, 0.05) is 52.1 Å². The lowest BCUT2D eigenvalue weighted by Gasteiger charge is -2.50. The molecule has 6 rings (SSSR count). The molecule has 3 aromatic rings. The zero-order valence-corrected chi connectivity index (χ0v) is 20.5. The first-order valence-electron chi connectivity index (χ1n) is 11.2. The maximum Gasteiger partial charge on any atom is 0.250 e. The standard InChI is InChI=1S/C26H24FN3O2S2/c1-29-13-16(11-18-5-3-9-33-18)23(31)25(15-29)20(22-6-4-10-34-22)14-30(2)26(25)19-12-17(27)7-8-21(19)28-24(26)32/h3-12,20H,13-15H2,1-2H3,(H,28,32)/b16-11+/t20-,25+,26+/m1/s1. The molecule has 2 spiro atoms. The highest BCUT2D eigenvalue weighted by Crippen LogP contribution is 2.64. The normalized spacial score (nSPS) is 30.6. The van der Waals surface area contributed by atoms with E-state index in [0.29, 0.717) is 36.5 Å². The zero-order chi connectivity index (χ0) is 23.7. The molecule has 34 heavy (non-hydrogen) atoms. The molecule has 3 aliphatic rings. The third-order valence-corrected chi connectivity index (χ3v) is 9.43. The molecule has 8 heteroatoms. The van der Waals surface area contributed by atoms with E-state index in [1.807, 2.05) is 60.1 Å². The van der Waals surface area contributed by atoms with Gasteiger partial charge in [0.2, 0.25) is 0 Å². The SMILES string of the molecule is CN1C/C(=C\c2cccs2)C(=O)[C@]2(C1)[C@@H](c1cccs1)CN(C)[C@@]21C(=O)Nc2ccc(F)cc21. The van der Waals surface area contributed by atoms with E-state index in [-0.39, 0.29) is 17.6 Å². The minimum Gasteiger partial charge on any atom is -0.324 e. The van der Waals surface area contributed by atoms with Crippen LogP contribution in [0.1, 0.15) is 21.2 Å². The van der Waals surface area contributed by atoms with E-state index in [1.54, 1.807) is 28.7 Å². The molecule has 0 saturated carbocycles. The molecule has 2 fully saturated rings. The first-order chi connectivity index (χ1) is 16.4. The second-order valence-electron chi connectivity index (χ2n) is 9.46. The van der Waals surface area contributed by atoms with Gasteiger partial charge in [0.1, 0.15) is 11.4 Å². The number of hydrogen-bond donors (Lipinski definition) is 1. The maximum absolute atomic E-state index is 14.7. The molecular formula is C26H24FN3O2S2. The molecule has 0 aliphatic carbocycles. The number of carbonyl (C=O) groups is 2. The number of likely N-dealkylation sites (N-methyl/N-ethyl adjacent to an activating group) is 2. The molecule has 2 saturated heterocycles. The van der Waals surface area contributed by atoms with Crippen molar-refractivity contribution in [3.05, 3.63) is 79.9 Å². The number of anilines is 1. The number of piperidine rings is 1. The Hall–Kier alpha value is -2.65. The van der Waals surface area contributed by atoms with Gasteiger partial charge in [-0.25, -0.2) is 4.39 Å². The Balaban J connectivity index is 1.65. The van der Waals surface area contributed by atoms with Crippen LogP contribution in [-0.4, -0.2) is 55.2 Å². The number of ketones is 1. The topological polar surface area (TPSA) is 52.7 Å². The molecule has 1 N–H and O–H groups in total. The number of Topliss-reactive ketones (excluding diaryl/α,β-unsaturated/α-hetero) is 1. The second-order valence-corrected chi connectivity index (χ2v) is 11.4. The predicted molar refractivity (Wildman–Crippen MR) is 134 cm³/mol. The summed E-state index contributed by atoms with van der Waals surface area (Å²) in [6.45, 7) is 1.44. The summed E-state index contributed by atoms with van der Waals surface area (Å²) in [6.07, 6.45) is 1.96. The number of benzene rings is 1. The van der Waals surface area contributed by atoms with Crippen LogP contribution >= 0.6 is 22.7 Å². The third-order valence-electron chi connectivity index (χ3n) is 7.62. The molecule has 1 aromatic carbocycles. The van der Waals surface area contributed by atoms with E-state index in [2.05, 4.69) is 10.2 Å². The predicted octanol–water partition coefficient (Wildman–Crippen LogP) is 4.41. The number of thiophene rings is 2. The zero-order valence-electron chi connectivity index (χ0n) is 18.9. The van der Waals surface area contributed by atoms with Gasteiger partial charge in [-0.2, -0.15) is 0 Å². The maximum atomic E-state index is 14.7. The second kappa shape index (κ2) is 7.68. The summed E-state index contributed by atoms with van der Waals surface area (Å²) in [7, 11) is 3.88. The van der Waals surface area contributed by atoms with Crippen molar-refractivity contribution in [1.29, 1.82) is 0 Å². The molecule has 0 unspecified atom stereocenters. The number of halogens is 1. The number of likely N-dealkylation sites (tertiary alicyclic amines) is 2. The van der Waals surface area contributed by atoms with Crippen LogP contribution in [-0.2, 0) is 15.1 Å². The van der Waals surface area contributed by atoms with Gasteiger partial charge in [0.25, 0.3) is 5.91 Å². The van der Waals surface area contributed by atoms with E-state index in [1.165, 1.54) is 12.1 Å². The Morgan fingerprint density at radius 2 is 1.91 bits per heavy atom. The van der Waals surface area contributed by atoms with Gasteiger partial charge in [0.15, 0.2) is 5.78 Å². The van der Waals surface area contributed by atoms with Crippen molar-refractivity contribution >= 4 is 46.1 Å². The number of fused-ring (bicyclic) bond motifs is 3. The van der Waals surface area contributed by atoms with Gasteiger partial charge in [0.05, 0.1) is 5.41 Å². The van der Waals surface area contributed by atoms with Gasteiger partial charge in [-0.3, -0.25) is 14.5 Å². The van der Waals surface area contributed by atoms with Crippen molar-refractivity contribution in [2.45, 2.75) is 11.5 Å². The largest absolute Gasteiger partial charge is 0.324 e. The van der Waals surface area contributed by atoms with Crippen molar-refractivity contribution in [3.63, 3.8) is 0 Å². The summed E-state index contributed by atoms with van der Waals surface area (Å²) < 4.78 is 14.6. The summed E-state index contributed by atoms with van der Waals surface area (Å²) in [5.74, 6) is -0.897. The number of carbonyl (C=O) groups excluding carboxylic acids is 2. The highest BCUT2D eigenvalue weighted by molar-refractivity contribution is 7.11. The fraction of sp³-hybridized carbons (Fsp3) is 0.308. The summed E-state index contributed by atoms with van der Waals surface area (Å²) in [5.41, 5.74) is -0.594. The number of nitrogens with one attached hydrogen (secondary N) is 1. The smallest absolute Gasteiger partial charge is 0.250 e. The number of amides is 1. The Kier molecular flexibility index (Phi) is 4.94. The van der Waals surface area contributed by atoms with E-state index < -0.39 is 16.8 Å². The van der Waals surface area contributed by atoms with Crippen LogP contribution in [0.3, 0.4) is 0 Å². The quantitative estimate of drug-likeness (QED) is 0.538. The van der Waals surface area contributed by atoms with Gasteiger partial charge in [-0.05, 0) is 61.3 Å². The van der Waals surface area contributed by atoms with Crippen molar-refractivity contribution in [2.75, 3.05) is 39.0 Å². The van der Waals surface area contributed by atoms with Gasteiger partial charge in [-0.1, -0.05) is 12.1 Å². The molecule has 0 bridgehead atoms.